The topological polar surface area (TPSA) is 69.9 Å². The average molecular weight is 268 g/mol. The molecule has 4 bridgehead atoms. The van der Waals surface area contributed by atoms with Crippen LogP contribution in [0.1, 0.15) is 51.4 Å². The Balaban J connectivity index is 1.77. The van der Waals surface area contributed by atoms with E-state index in [-0.39, 0.29) is 5.41 Å². The van der Waals surface area contributed by atoms with Crippen molar-refractivity contribution in [3.63, 3.8) is 0 Å². The molecule has 0 atom stereocenters. The third-order valence-electron chi connectivity index (χ3n) is 5.17. The zero-order chi connectivity index (χ0) is 13.8. The van der Waals surface area contributed by atoms with Crippen LogP contribution in [-0.2, 0) is 4.74 Å². The summed E-state index contributed by atoms with van der Waals surface area (Å²) in [4.78, 5) is 0. The lowest BCUT2D eigenvalue weighted by atomic mass is 9.44. The lowest BCUT2D eigenvalue weighted by Gasteiger charge is -2.66. The van der Waals surface area contributed by atoms with Crippen LogP contribution >= 0.6 is 0 Å². The fourth-order valence-electron chi connectivity index (χ4n) is 5.56. The van der Waals surface area contributed by atoms with Crippen LogP contribution in [0.25, 0.3) is 0 Å². The van der Waals surface area contributed by atoms with Crippen LogP contribution in [0.4, 0.5) is 0 Å². The van der Waals surface area contributed by atoms with Gasteiger partial charge < -0.3 is 20.1 Å². The second-order valence-corrected chi connectivity index (χ2v) is 7.37. The second kappa shape index (κ2) is 3.96. The number of hydrogen-bond donors (Lipinski definition) is 3. The molecule has 4 heteroatoms. The molecule has 4 rings (SSSR count). The molecule has 0 spiro atoms. The predicted molar refractivity (Wildman–Crippen MR) is 70.4 cm³/mol. The molecular weight excluding hydrogens is 244 g/mol. The van der Waals surface area contributed by atoms with Gasteiger partial charge in [0.1, 0.15) is 0 Å². The Labute approximate surface area is 114 Å². The molecule has 0 unspecified atom stereocenters. The molecule has 0 saturated heterocycles. The molecule has 4 aliphatic rings. The van der Waals surface area contributed by atoms with E-state index in [2.05, 4.69) is 6.58 Å². The summed E-state index contributed by atoms with van der Waals surface area (Å²) >= 11 is 0. The highest BCUT2D eigenvalue weighted by atomic mass is 16.5. The summed E-state index contributed by atoms with van der Waals surface area (Å²) in [5.74, 6) is 0. The van der Waals surface area contributed by atoms with E-state index in [9.17, 15) is 15.3 Å². The highest BCUT2D eigenvalue weighted by Crippen LogP contribution is 2.65. The number of rotatable bonds is 5. The van der Waals surface area contributed by atoms with Crippen molar-refractivity contribution in [2.45, 2.75) is 68.2 Å². The Morgan fingerprint density at radius 1 is 0.895 bits per heavy atom. The van der Waals surface area contributed by atoms with Crippen LogP contribution in [0, 0.1) is 5.41 Å². The van der Waals surface area contributed by atoms with E-state index < -0.39 is 16.8 Å². The first-order valence-corrected chi connectivity index (χ1v) is 7.20. The van der Waals surface area contributed by atoms with E-state index in [1.807, 2.05) is 0 Å². The van der Waals surface area contributed by atoms with Gasteiger partial charge in [0.05, 0.1) is 29.7 Å². The number of ether oxygens (including phenoxy) is 1. The first-order valence-electron chi connectivity index (χ1n) is 7.20. The maximum absolute atomic E-state index is 10.6. The van der Waals surface area contributed by atoms with Crippen molar-refractivity contribution in [1.82, 2.24) is 0 Å². The lowest BCUT2D eigenvalue weighted by molar-refractivity contribution is -0.281. The van der Waals surface area contributed by atoms with Gasteiger partial charge in [-0.05, 0) is 37.5 Å². The van der Waals surface area contributed by atoms with E-state index in [0.717, 1.165) is 12.8 Å². The Morgan fingerprint density at radius 2 is 1.37 bits per heavy atom. The van der Waals surface area contributed by atoms with Crippen molar-refractivity contribution in [2.75, 3.05) is 6.61 Å². The molecule has 19 heavy (non-hydrogen) atoms. The highest BCUT2D eigenvalue weighted by Gasteiger charge is 2.67. The summed E-state index contributed by atoms with van der Waals surface area (Å²) in [5.41, 5.74) is -2.76. The Hall–Kier alpha value is -0.580. The molecule has 0 radical (unpaired) electrons. The summed E-state index contributed by atoms with van der Waals surface area (Å²) in [6.07, 6.45) is 6.58. The molecule has 4 fully saturated rings. The Kier molecular flexibility index (Phi) is 2.80. The largest absolute Gasteiger partial charge is 0.502 e. The van der Waals surface area contributed by atoms with Crippen molar-refractivity contribution >= 4 is 0 Å². The molecule has 0 aromatic heterocycles. The monoisotopic (exact) mass is 268 g/mol. The van der Waals surface area contributed by atoms with Crippen LogP contribution in [0.3, 0.4) is 0 Å². The molecule has 4 saturated carbocycles. The number of aliphatic hydroxyl groups is 3. The Bertz CT molecular complexity index is 338. The van der Waals surface area contributed by atoms with Gasteiger partial charge in [0, 0.05) is 19.3 Å². The van der Waals surface area contributed by atoms with Gasteiger partial charge in [0.15, 0.2) is 0 Å². The fraction of sp³-hybridized carbons (Fsp3) is 0.867. The van der Waals surface area contributed by atoms with E-state index in [0.29, 0.717) is 45.1 Å². The predicted octanol–water partition coefficient (Wildman–Crippen LogP) is 1.49. The Morgan fingerprint density at radius 3 is 1.79 bits per heavy atom. The summed E-state index contributed by atoms with van der Waals surface area (Å²) in [7, 11) is 0. The van der Waals surface area contributed by atoms with E-state index >= 15 is 0 Å². The van der Waals surface area contributed by atoms with Gasteiger partial charge in [0.25, 0.3) is 0 Å². The number of hydrogen-bond acceptors (Lipinski definition) is 4. The van der Waals surface area contributed by atoms with Gasteiger partial charge in [0.2, 0.25) is 0 Å². The molecular formula is C15H24O4. The van der Waals surface area contributed by atoms with Crippen LogP contribution in [0.2, 0.25) is 0 Å². The van der Waals surface area contributed by atoms with Gasteiger partial charge in [-0.1, -0.05) is 6.58 Å². The highest BCUT2D eigenvalue weighted by molar-refractivity contribution is 5.19. The molecule has 4 aliphatic carbocycles. The molecule has 0 heterocycles. The summed E-state index contributed by atoms with van der Waals surface area (Å²) in [6, 6.07) is 0. The zero-order valence-corrected chi connectivity index (χ0v) is 11.4. The molecule has 0 aromatic rings. The van der Waals surface area contributed by atoms with Crippen LogP contribution in [0.15, 0.2) is 12.8 Å². The summed E-state index contributed by atoms with van der Waals surface area (Å²) in [6.45, 7) is 4.13. The quantitative estimate of drug-likeness (QED) is 0.522. The van der Waals surface area contributed by atoms with E-state index in [1.165, 1.54) is 6.26 Å². The first kappa shape index (κ1) is 13.4. The minimum absolute atomic E-state index is 0.127. The van der Waals surface area contributed by atoms with Gasteiger partial charge in [-0.2, -0.15) is 0 Å². The van der Waals surface area contributed by atoms with Crippen molar-refractivity contribution in [1.29, 1.82) is 0 Å². The van der Waals surface area contributed by atoms with E-state index in [4.69, 9.17) is 4.74 Å². The first-order chi connectivity index (χ1) is 8.80. The van der Waals surface area contributed by atoms with Crippen molar-refractivity contribution < 1.29 is 20.1 Å². The molecule has 0 amide bonds. The lowest BCUT2D eigenvalue weighted by Crippen LogP contribution is -2.69. The normalized spacial score (nSPS) is 51.3. The third kappa shape index (κ3) is 2.30. The van der Waals surface area contributed by atoms with Gasteiger partial charge >= 0.3 is 0 Å². The zero-order valence-electron chi connectivity index (χ0n) is 11.4. The maximum atomic E-state index is 10.6. The van der Waals surface area contributed by atoms with Crippen molar-refractivity contribution in [3.8, 4) is 0 Å². The smallest absolute Gasteiger partial charge is 0.0873 e. The molecule has 4 nitrogen and oxygen atoms in total. The van der Waals surface area contributed by atoms with Gasteiger partial charge in [-0.25, -0.2) is 0 Å². The molecule has 0 aliphatic heterocycles. The third-order valence-corrected chi connectivity index (χ3v) is 5.17. The van der Waals surface area contributed by atoms with Gasteiger partial charge in [-0.3, -0.25) is 0 Å². The second-order valence-electron chi connectivity index (χ2n) is 7.37. The average Bonchev–Trinajstić information content (AvgIpc) is 2.17. The molecule has 0 aromatic carbocycles. The maximum Gasteiger partial charge on any atom is 0.0873 e. The van der Waals surface area contributed by atoms with Gasteiger partial charge in [-0.15, -0.1) is 0 Å². The van der Waals surface area contributed by atoms with E-state index in [1.54, 1.807) is 0 Å². The summed E-state index contributed by atoms with van der Waals surface area (Å²) in [5, 5.41) is 31.9. The molecule has 3 N–H and O–H groups in total. The standard InChI is InChI=1S/C15H24O4/c1-2-19-5-3-4-12-6-13(16)9-14(17,7-12)11-15(18,8-12)10-13/h2,16-18H,1,3-11H2. The summed E-state index contributed by atoms with van der Waals surface area (Å²) < 4.78 is 5.15. The van der Waals surface area contributed by atoms with Crippen molar-refractivity contribution in [3.05, 3.63) is 12.8 Å². The van der Waals surface area contributed by atoms with Crippen molar-refractivity contribution in [2.24, 2.45) is 5.41 Å². The van der Waals surface area contributed by atoms with Crippen LogP contribution in [0.5, 0.6) is 0 Å². The van der Waals surface area contributed by atoms with Crippen LogP contribution < -0.4 is 0 Å². The minimum Gasteiger partial charge on any atom is -0.502 e. The SMILES string of the molecule is C=COCCCC12CC3(O)CC(O)(CC(O)(C3)C1)C2. The fourth-order valence-corrected chi connectivity index (χ4v) is 5.56. The minimum atomic E-state index is -0.877. The van der Waals surface area contributed by atoms with Crippen LogP contribution in [-0.4, -0.2) is 38.7 Å². The molecule has 108 valence electrons.